The van der Waals surface area contributed by atoms with Gasteiger partial charge in [-0.25, -0.2) is 17.6 Å². The summed E-state index contributed by atoms with van der Waals surface area (Å²) < 4.78 is 44.6. The second-order valence-electron chi connectivity index (χ2n) is 9.89. The van der Waals surface area contributed by atoms with Crippen LogP contribution in [-0.4, -0.2) is 61.9 Å². The van der Waals surface area contributed by atoms with Crippen molar-refractivity contribution in [1.82, 2.24) is 15.1 Å². The molecule has 1 saturated heterocycles. The Morgan fingerprint density at radius 3 is 2.50 bits per heavy atom. The lowest BCUT2D eigenvalue weighted by atomic mass is 10.0. The van der Waals surface area contributed by atoms with Crippen molar-refractivity contribution >= 4 is 27.4 Å². The van der Waals surface area contributed by atoms with Crippen LogP contribution in [-0.2, 0) is 27.6 Å². The van der Waals surface area contributed by atoms with Gasteiger partial charge in [0.15, 0.2) is 9.84 Å². The lowest BCUT2D eigenvalue weighted by Gasteiger charge is -2.45. The van der Waals surface area contributed by atoms with Crippen molar-refractivity contribution in [2.24, 2.45) is 0 Å². The van der Waals surface area contributed by atoms with Crippen molar-refractivity contribution in [3.8, 4) is 5.75 Å². The van der Waals surface area contributed by atoms with Gasteiger partial charge in [-0.1, -0.05) is 41.9 Å². The second-order valence-corrected chi connectivity index (χ2v) is 12.3. The zero-order valence-corrected chi connectivity index (χ0v) is 24.1. The lowest BCUT2D eigenvalue weighted by molar-refractivity contribution is 0.0282. The molecule has 2 atom stereocenters. The van der Waals surface area contributed by atoms with E-state index >= 15 is 0 Å². The number of carbonyl (C=O) groups excluding carboxylic acids is 1. The van der Waals surface area contributed by atoms with E-state index in [0.29, 0.717) is 42.5 Å². The van der Waals surface area contributed by atoms with Gasteiger partial charge in [0.1, 0.15) is 35.8 Å². The zero-order valence-electron chi connectivity index (χ0n) is 22.5. The van der Waals surface area contributed by atoms with Gasteiger partial charge in [-0.05, 0) is 73.9 Å². The maximum Gasteiger partial charge on any atom is 0.191 e. The van der Waals surface area contributed by atoms with Crippen LogP contribution in [0.5, 0.6) is 5.75 Å². The zero-order chi connectivity index (χ0) is 28.7. The molecule has 1 fully saturated rings. The van der Waals surface area contributed by atoms with Gasteiger partial charge in [0, 0.05) is 30.7 Å². The molecule has 3 aromatic carbocycles. The summed E-state index contributed by atoms with van der Waals surface area (Å²) in [5.74, 6) is 2.29. The maximum atomic E-state index is 13.3. The van der Waals surface area contributed by atoms with E-state index in [2.05, 4.69) is 16.2 Å². The average Bonchev–Trinajstić information content (AvgIpc) is 2.94. The van der Waals surface area contributed by atoms with Crippen LogP contribution in [0, 0.1) is 5.82 Å². The molecule has 212 valence electrons. The summed E-state index contributed by atoms with van der Waals surface area (Å²) in [6.45, 7) is 5.76. The first-order valence-corrected chi connectivity index (χ1v) is 15.1. The highest BCUT2D eigenvalue weighted by molar-refractivity contribution is 7.91. The normalized spacial score (nSPS) is 18.0. The lowest BCUT2D eigenvalue weighted by Crippen LogP contribution is -2.55. The Hall–Kier alpha value is -3.20. The van der Waals surface area contributed by atoms with Gasteiger partial charge in [-0.15, -0.1) is 0 Å². The predicted octanol–water partition coefficient (Wildman–Crippen LogP) is 4.69. The van der Waals surface area contributed by atoms with Crippen LogP contribution in [0.3, 0.4) is 0 Å². The Bertz CT molecular complexity index is 1450. The summed E-state index contributed by atoms with van der Waals surface area (Å²) >= 11 is 6.25. The molecule has 10 heteroatoms. The first-order valence-electron chi connectivity index (χ1n) is 13.1. The fourth-order valence-corrected chi connectivity index (χ4v) is 6.11. The number of ether oxygens (including phenoxy) is 1. The molecule has 0 radical (unpaired) electrons. The molecule has 0 aliphatic carbocycles. The first kappa shape index (κ1) is 29.8. The highest BCUT2D eigenvalue weighted by Gasteiger charge is 2.34. The van der Waals surface area contributed by atoms with Crippen molar-refractivity contribution < 1.29 is 22.3 Å². The van der Waals surface area contributed by atoms with E-state index in [0.717, 1.165) is 11.1 Å². The van der Waals surface area contributed by atoms with E-state index in [1.54, 1.807) is 54.6 Å². The smallest absolute Gasteiger partial charge is 0.191 e. The Labute approximate surface area is 240 Å². The van der Waals surface area contributed by atoms with E-state index in [-0.39, 0.29) is 35.4 Å². The van der Waals surface area contributed by atoms with Crippen LogP contribution in [0.1, 0.15) is 25.0 Å². The van der Waals surface area contributed by atoms with E-state index in [4.69, 9.17) is 16.3 Å². The Morgan fingerprint density at radius 1 is 1.07 bits per heavy atom. The van der Waals surface area contributed by atoms with Gasteiger partial charge >= 0.3 is 0 Å². The number of piperazine rings is 1. The van der Waals surface area contributed by atoms with E-state index in [9.17, 15) is 17.6 Å². The molecule has 1 aliphatic heterocycles. The molecule has 4 rings (SSSR count). The molecule has 1 heterocycles. The van der Waals surface area contributed by atoms with E-state index < -0.39 is 9.84 Å². The molecular weight excluding hydrogens is 553 g/mol. The summed E-state index contributed by atoms with van der Waals surface area (Å²) in [4.78, 5) is 16.3. The summed E-state index contributed by atoms with van der Waals surface area (Å²) in [7, 11) is -3.43. The number of hydrogen-bond acceptors (Lipinski definition) is 7. The number of rotatable bonds is 11. The minimum Gasteiger partial charge on any atom is -0.478 e. The van der Waals surface area contributed by atoms with Crippen LogP contribution in [0.15, 0.2) is 83.4 Å². The van der Waals surface area contributed by atoms with Crippen molar-refractivity contribution in [2.75, 3.05) is 25.7 Å². The highest BCUT2D eigenvalue weighted by Crippen LogP contribution is 2.28. The number of benzene rings is 3. The van der Waals surface area contributed by atoms with Crippen molar-refractivity contribution in [2.45, 2.75) is 43.8 Å². The first-order chi connectivity index (χ1) is 19.2. The second kappa shape index (κ2) is 13.4. The molecule has 0 aromatic heterocycles. The Kier molecular flexibility index (Phi) is 10.0. The monoisotopic (exact) mass is 585 g/mol. The Balaban J connectivity index is 1.36. The third-order valence-corrected chi connectivity index (χ3v) is 8.84. The predicted molar refractivity (Wildman–Crippen MR) is 154 cm³/mol. The molecule has 1 N–H and O–H groups in total. The molecule has 3 aromatic rings. The van der Waals surface area contributed by atoms with Crippen LogP contribution in [0.25, 0.3) is 0 Å². The topological polar surface area (TPSA) is 79.0 Å². The fourth-order valence-electron chi connectivity index (χ4n) is 4.76. The molecule has 0 spiro atoms. The molecule has 0 amide bonds. The number of sulfone groups is 1. The van der Waals surface area contributed by atoms with Gasteiger partial charge in [0.25, 0.3) is 0 Å². The van der Waals surface area contributed by atoms with Crippen LogP contribution < -0.4 is 10.1 Å². The quantitative estimate of drug-likeness (QED) is 0.258. The van der Waals surface area contributed by atoms with Crippen LogP contribution >= 0.6 is 11.6 Å². The molecule has 0 unspecified atom stereocenters. The largest absolute Gasteiger partial charge is 0.478 e. The number of halogens is 2. The maximum absolute atomic E-state index is 13.3. The van der Waals surface area contributed by atoms with E-state index in [1.807, 2.05) is 24.8 Å². The molecule has 1 aliphatic rings. The molecule has 0 saturated carbocycles. The molecule has 40 heavy (non-hydrogen) atoms. The number of hydrogen-bond donors (Lipinski definition) is 1. The summed E-state index contributed by atoms with van der Waals surface area (Å²) in [6, 6.07) is 19.7. The van der Waals surface area contributed by atoms with Gasteiger partial charge in [-0.3, -0.25) is 4.90 Å². The van der Waals surface area contributed by atoms with E-state index in [1.165, 1.54) is 12.1 Å². The summed E-state index contributed by atoms with van der Waals surface area (Å²) in [5, 5.41) is 3.57. The highest BCUT2D eigenvalue weighted by atomic mass is 35.5. The van der Waals surface area contributed by atoms with Crippen LogP contribution in [0.4, 0.5) is 4.39 Å². The average molecular weight is 586 g/mol. The minimum absolute atomic E-state index is 0.00162. The van der Waals surface area contributed by atoms with Gasteiger partial charge in [0.2, 0.25) is 0 Å². The molecule has 0 bridgehead atoms. The molecule has 7 nitrogen and oxygen atoms in total. The fraction of sp³-hybridized carbons (Fsp3) is 0.333. The van der Waals surface area contributed by atoms with Gasteiger partial charge in [0.05, 0.1) is 10.9 Å². The number of nitrogens with zero attached hydrogens (tertiary/aromatic N) is 2. The van der Waals surface area contributed by atoms with Crippen molar-refractivity contribution in [1.29, 1.82) is 0 Å². The van der Waals surface area contributed by atoms with Gasteiger partial charge in [-0.2, -0.15) is 0 Å². The minimum atomic E-state index is -3.43. The van der Waals surface area contributed by atoms with Crippen LogP contribution in [0.2, 0.25) is 5.02 Å². The van der Waals surface area contributed by atoms with Crippen molar-refractivity contribution in [3.63, 3.8) is 0 Å². The molecular formula is C30H33ClFN3O4S. The number of nitrogens with one attached hydrogen (secondary N) is 1. The van der Waals surface area contributed by atoms with Gasteiger partial charge < -0.3 is 15.0 Å². The Morgan fingerprint density at radius 2 is 1.80 bits per heavy atom. The van der Waals surface area contributed by atoms with Crippen molar-refractivity contribution in [3.05, 3.63) is 100 Å². The third kappa shape index (κ3) is 7.50. The third-order valence-electron chi connectivity index (χ3n) is 7.03. The standard InChI is InChI=1S/C30H33ClFN3O4S/c1-22-17-34(23(2)29(19-36)35(22)18-24-8-11-27(32)12-9-24)21-39-30-13-10-26(31)16-25(30)14-15-33-20-40(37,38)28-6-4-3-5-7-28/h3-13,16,22-23,33H,14-15,17-18,20-21H2,1-2H3/t22-,23+/m0/s1. The summed E-state index contributed by atoms with van der Waals surface area (Å²) in [5.41, 5.74) is 2.28. The summed E-state index contributed by atoms with van der Waals surface area (Å²) in [6.07, 6.45) is 0.511. The SMILES string of the molecule is C[C@@H]1C(=C=O)N(Cc2ccc(F)cc2)[C@@H](C)CN1COc1ccc(Cl)cc1CCNCS(=O)(=O)c1ccccc1.